The molecule has 3 aromatic rings. The highest BCUT2D eigenvalue weighted by Gasteiger charge is 2.35. The highest BCUT2D eigenvalue weighted by molar-refractivity contribution is 5.79. The van der Waals surface area contributed by atoms with Gasteiger partial charge < -0.3 is 9.64 Å². The van der Waals surface area contributed by atoms with Gasteiger partial charge in [0.05, 0.1) is 31.7 Å². The first-order chi connectivity index (χ1) is 16.1. The van der Waals surface area contributed by atoms with Gasteiger partial charge >= 0.3 is 0 Å². The minimum absolute atomic E-state index is 0.00763. The summed E-state index contributed by atoms with van der Waals surface area (Å²) in [6.45, 7) is 12.8. The number of benzene rings is 1. The number of pyridine rings is 1. The Kier molecular flexibility index (Phi) is 5.81. The van der Waals surface area contributed by atoms with Crippen molar-refractivity contribution in [2.45, 2.75) is 25.5 Å². The molecule has 5 rings (SSSR count). The van der Waals surface area contributed by atoms with Crippen molar-refractivity contribution in [2.24, 2.45) is 0 Å². The van der Waals surface area contributed by atoms with Gasteiger partial charge in [0.1, 0.15) is 6.33 Å². The molecule has 2 fully saturated rings. The first kappa shape index (κ1) is 21.2. The Bertz CT molecular complexity index is 1170. The van der Waals surface area contributed by atoms with Crippen LogP contribution < -0.4 is 0 Å². The third kappa shape index (κ3) is 4.46. The number of aryl methyl sites for hydroxylation is 1. The van der Waals surface area contributed by atoms with Gasteiger partial charge in [-0.15, -0.1) is 5.10 Å². The van der Waals surface area contributed by atoms with E-state index in [0.717, 1.165) is 29.8 Å². The predicted molar refractivity (Wildman–Crippen MR) is 119 cm³/mol. The van der Waals surface area contributed by atoms with Crippen LogP contribution in [0.5, 0.6) is 0 Å². The Morgan fingerprint density at radius 3 is 2.88 bits per heavy atom. The molecule has 0 radical (unpaired) electrons. The number of aromatic nitrogens is 5. The van der Waals surface area contributed by atoms with E-state index < -0.39 is 0 Å². The summed E-state index contributed by atoms with van der Waals surface area (Å²) in [6.07, 6.45) is 3.48. The van der Waals surface area contributed by atoms with Crippen molar-refractivity contribution in [1.29, 1.82) is 0 Å². The van der Waals surface area contributed by atoms with Gasteiger partial charge in [-0.1, -0.05) is 24.3 Å². The molecular weight excluding hydrogens is 420 g/mol. The lowest BCUT2D eigenvalue weighted by atomic mass is 10.0. The Labute approximate surface area is 191 Å². The van der Waals surface area contributed by atoms with Gasteiger partial charge in [0, 0.05) is 32.4 Å². The van der Waals surface area contributed by atoms with Gasteiger partial charge in [-0.25, -0.2) is 9.83 Å². The summed E-state index contributed by atoms with van der Waals surface area (Å²) in [5, 5.41) is 11.0. The normalized spacial score (nSPS) is 20.8. The molecule has 1 aromatic carbocycles. The van der Waals surface area contributed by atoms with Crippen molar-refractivity contribution in [2.75, 3.05) is 32.8 Å². The number of ether oxygens (including phenoxy) is 1. The van der Waals surface area contributed by atoms with E-state index in [1.54, 1.807) is 12.3 Å². The fourth-order valence-corrected chi connectivity index (χ4v) is 4.43. The summed E-state index contributed by atoms with van der Waals surface area (Å²) in [5.74, 6) is 0.705. The largest absolute Gasteiger partial charge is 0.370 e. The molecule has 2 aliphatic heterocycles. The first-order valence-corrected chi connectivity index (χ1v) is 10.9. The van der Waals surface area contributed by atoms with Crippen molar-refractivity contribution in [3.8, 4) is 5.82 Å². The number of hydrogen-bond acceptors (Lipinski definition) is 7. The minimum Gasteiger partial charge on any atom is -0.370 e. The average Bonchev–Trinajstić information content (AvgIpc) is 3.39. The molecule has 0 aliphatic carbocycles. The van der Waals surface area contributed by atoms with E-state index in [4.69, 9.17) is 11.3 Å². The molecule has 0 saturated carbocycles. The maximum atomic E-state index is 12.9. The zero-order chi connectivity index (χ0) is 22.8. The minimum atomic E-state index is -0.00763. The molecule has 10 nitrogen and oxygen atoms in total. The van der Waals surface area contributed by atoms with E-state index in [1.165, 1.54) is 11.0 Å². The maximum Gasteiger partial charge on any atom is 0.227 e. The maximum absolute atomic E-state index is 12.9. The number of fused-ring (bicyclic) bond motifs is 1. The zero-order valence-electron chi connectivity index (χ0n) is 18.3. The lowest BCUT2D eigenvalue weighted by molar-refractivity contribution is -0.139. The highest BCUT2D eigenvalue weighted by Crippen LogP contribution is 2.30. The lowest BCUT2D eigenvalue weighted by Gasteiger charge is -2.46. The molecule has 2 saturated heterocycles. The van der Waals surface area contributed by atoms with Crippen molar-refractivity contribution in [3.05, 3.63) is 71.0 Å². The van der Waals surface area contributed by atoms with Gasteiger partial charge in [0.15, 0.2) is 11.5 Å². The van der Waals surface area contributed by atoms with Gasteiger partial charge in [0.25, 0.3) is 0 Å². The average molecular weight is 444 g/mol. The van der Waals surface area contributed by atoms with Crippen LogP contribution in [0.2, 0.25) is 0 Å². The molecule has 1 amide bonds. The number of piperazine rings is 1. The quantitative estimate of drug-likeness (QED) is 0.566. The Morgan fingerprint density at radius 1 is 1.24 bits per heavy atom. The molecular formula is C23H24N8O2. The number of carbonyl (C=O) groups excluding carboxylic acids is 1. The van der Waals surface area contributed by atoms with Crippen LogP contribution in [-0.2, 0) is 16.0 Å². The third-order valence-electron chi connectivity index (χ3n) is 6.31. The fraction of sp³-hybridized carbons (Fsp3) is 0.391. The summed E-state index contributed by atoms with van der Waals surface area (Å²) >= 11 is 0. The van der Waals surface area contributed by atoms with Crippen LogP contribution in [0.15, 0.2) is 42.9 Å². The van der Waals surface area contributed by atoms with E-state index in [-0.39, 0.29) is 18.1 Å². The second kappa shape index (κ2) is 9.05. The summed E-state index contributed by atoms with van der Waals surface area (Å²) in [7, 11) is 0. The Hall–Kier alpha value is -3.68. The lowest BCUT2D eigenvalue weighted by Crippen LogP contribution is -2.59. The Balaban J connectivity index is 1.17. The van der Waals surface area contributed by atoms with Gasteiger partial charge in [0.2, 0.25) is 5.91 Å². The summed E-state index contributed by atoms with van der Waals surface area (Å²) in [6, 6.07) is 9.80. The molecule has 0 N–H and O–H groups in total. The molecule has 168 valence electrons. The van der Waals surface area contributed by atoms with E-state index in [1.807, 2.05) is 30.0 Å². The van der Waals surface area contributed by atoms with Crippen molar-refractivity contribution >= 4 is 11.6 Å². The molecule has 33 heavy (non-hydrogen) atoms. The SMILES string of the molecule is [C-]#[N+]c1ccc([C@H]2CN3CCN(C(=O)Cc4ccc(-n5cnnn5)nc4)C[C@@H]3CO2)cc1C. The molecule has 4 heterocycles. The number of rotatable bonds is 4. The number of nitrogens with zero attached hydrogens (tertiary/aromatic N) is 8. The van der Waals surface area contributed by atoms with Crippen LogP contribution in [0.25, 0.3) is 10.7 Å². The van der Waals surface area contributed by atoms with Crippen LogP contribution in [0.4, 0.5) is 5.69 Å². The molecule has 2 aromatic heterocycles. The van der Waals surface area contributed by atoms with Gasteiger partial charge in [-0.2, -0.15) is 4.68 Å². The highest BCUT2D eigenvalue weighted by atomic mass is 16.5. The smallest absolute Gasteiger partial charge is 0.227 e. The molecule has 0 unspecified atom stereocenters. The third-order valence-corrected chi connectivity index (χ3v) is 6.31. The molecule has 0 spiro atoms. The number of amides is 1. The Morgan fingerprint density at radius 2 is 2.15 bits per heavy atom. The monoisotopic (exact) mass is 444 g/mol. The second-order valence-electron chi connectivity index (χ2n) is 8.42. The van der Waals surface area contributed by atoms with E-state index >= 15 is 0 Å². The molecule has 2 atom stereocenters. The van der Waals surface area contributed by atoms with Crippen LogP contribution in [0, 0.1) is 13.5 Å². The molecule has 10 heteroatoms. The summed E-state index contributed by atoms with van der Waals surface area (Å²) < 4.78 is 7.65. The van der Waals surface area contributed by atoms with Gasteiger partial charge in [-0.3, -0.25) is 9.69 Å². The predicted octanol–water partition coefficient (Wildman–Crippen LogP) is 1.74. The molecule has 2 aliphatic rings. The van der Waals surface area contributed by atoms with Crippen LogP contribution in [-0.4, -0.2) is 79.7 Å². The number of morpholine rings is 1. The second-order valence-corrected chi connectivity index (χ2v) is 8.42. The zero-order valence-corrected chi connectivity index (χ0v) is 18.3. The summed E-state index contributed by atoms with van der Waals surface area (Å²) in [5.41, 5.74) is 3.62. The number of hydrogen-bond donors (Lipinski definition) is 0. The van der Waals surface area contributed by atoms with Gasteiger partial charge in [-0.05, 0) is 40.1 Å². The van der Waals surface area contributed by atoms with Crippen molar-refractivity contribution in [1.82, 2.24) is 35.0 Å². The fourth-order valence-electron chi connectivity index (χ4n) is 4.43. The van der Waals surface area contributed by atoms with E-state index in [0.29, 0.717) is 37.6 Å². The van der Waals surface area contributed by atoms with E-state index in [2.05, 4.69) is 36.3 Å². The molecule has 0 bridgehead atoms. The van der Waals surface area contributed by atoms with Crippen molar-refractivity contribution < 1.29 is 9.53 Å². The standard InChI is InChI=1S/C23H24N8O2/c1-16-9-18(4-5-20(16)24-2)21-13-29-7-8-30(12-19(29)14-33-21)23(32)10-17-3-6-22(25-11-17)31-15-26-27-28-31/h3-6,9,11,15,19,21H,7-8,10,12-14H2,1H3/t19-,21-/m1/s1. The van der Waals surface area contributed by atoms with Crippen LogP contribution in [0.3, 0.4) is 0 Å². The number of carbonyl (C=O) groups is 1. The topological polar surface area (TPSA) is 93.6 Å². The first-order valence-electron chi connectivity index (χ1n) is 10.9. The summed E-state index contributed by atoms with van der Waals surface area (Å²) in [4.78, 5) is 25.1. The van der Waals surface area contributed by atoms with E-state index in [9.17, 15) is 4.79 Å². The van der Waals surface area contributed by atoms with Crippen LogP contribution >= 0.6 is 0 Å². The number of tetrazole rings is 1. The van der Waals surface area contributed by atoms with Crippen LogP contribution in [0.1, 0.15) is 22.8 Å². The van der Waals surface area contributed by atoms with Crippen molar-refractivity contribution in [3.63, 3.8) is 0 Å².